The molecular weight excluding hydrogens is 206 g/mol. The van der Waals surface area contributed by atoms with Gasteiger partial charge in [0.1, 0.15) is 0 Å². The Morgan fingerprint density at radius 2 is 2.06 bits per heavy atom. The lowest BCUT2D eigenvalue weighted by Crippen LogP contribution is -2.17. The number of oxazole rings is 1. The molecule has 4 heteroatoms. The Balaban J connectivity index is 2.50. The highest BCUT2D eigenvalue weighted by Gasteiger charge is 2.24. The van der Waals surface area contributed by atoms with Crippen molar-refractivity contribution in [3.63, 3.8) is 0 Å². The summed E-state index contributed by atoms with van der Waals surface area (Å²) in [4.78, 5) is 13.5. The second-order valence-electron chi connectivity index (χ2n) is 5.04. The topological polar surface area (TPSA) is 66.2 Å². The van der Waals surface area contributed by atoms with E-state index in [9.17, 15) is 9.90 Å². The molecule has 1 heterocycles. The van der Waals surface area contributed by atoms with Crippen molar-refractivity contribution in [2.24, 2.45) is 5.41 Å². The van der Waals surface area contributed by atoms with Crippen LogP contribution >= 0.6 is 0 Å². The predicted octanol–water partition coefficient (Wildman–Crippen LogP) is 2.20. The van der Waals surface area contributed by atoms with Gasteiger partial charge in [-0.15, -0.1) is 0 Å². The summed E-state index contributed by atoms with van der Waals surface area (Å²) in [7, 11) is 0. The van der Waals surface area contributed by atoms with Gasteiger partial charge in [-0.3, -0.25) is 4.98 Å². The lowest BCUT2D eigenvalue weighted by molar-refractivity contribution is 0.0627. The van der Waals surface area contributed by atoms with E-state index in [2.05, 4.69) is 4.98 Å². The Hall–Kier alpha value is -1.55. The van der Waals surface area contributed by atoms with E-state index in [1.807, 2.05) is 20.8 Å². The first-order chi connectivity index (χ1) is 7.38. The zero-order valence-electron chi connectivity index (χ0n) is 9.57. The van der Waals surface area contributed by atoms with Gasteiger partial charge in [-0.2, -0.15) is 0 Å². The van der Waals surface area contributed by atoms with Crippen LogP contribution in [0.3, 0.4) is 0 Å². The number of hydrogen-bond acceptors (Lipinski definition) is 3. The van der Waals surface area contributed by atoms with Gasteiger partial charge in [0, 0.05) is 0 Å². The van der Waals surface area contributed by atoms with Crippen molar-refractivity contribution in [3.8, 4) is 0 Å². The highest BCUT2D eigenvalue weighted by atomic mass is 16.4. The second kappa shape index (κ2) is 3.49. The van der Waals surface area contributed by atoms with E-state index in [0.29, 0.717) is 11.1 Å². The van der Waals surface area contributed by atoms with Gasteiger partial charge in [-0.05, 0) is 23.1 Å². The SMILES string of the molecule is CC(C)(C)C(O)c1ccc2[nH]c(=O)oc2c1. The molecule has 0 radical (unpaired) electrons. The van der Waals surface area contributed by atoms with Crippen LogP contribution in [-0.4, -0.2) is 10.1 Å². The molecule has 0 aliphatic carbocycles. The third-order valence-corrected chi connectivity index (χ3v) is 2.58. The summed E-state index contributed by atoms with van der Waals surface area (Å²) in [5, 5.41) is 10.1. The van der Waals surface area contributed by atoms with Crippen molar-refractivity contribution in [1.29, 1.82) is 0 Å². The molecule has 2 N–H and O–H groups in total. The quantitative estimate of drug-likeness (QED) is 0.775. The lowest BCUT2D eigenvalue weighted by atomic mass is 9.85. The van der Waals surface area contributed by atoms with Crippen LogP contribution in [0.2, 0.25) is 0 Å². The lowest BCUT2D eigenvalue weighted by Gasteiger charge is -2.25. The molecule has 16 heavy (non-hydrogen) atoms. The van der Waals surface area contributed by atoms with Gasteiger partial charge < -0.3 is 9.52 Å². The van der Waals surface area contributed by atoms with Crippen molar-refractivity contribution >= 4 is 11.1 Å². The number of benzene rings is 1. The summed E-state index contributed by atoms with van der Waals surface area (Å²) in [5.74, 6) is -0.475. The minimum absolute atomic E-state index is 0.246. The van der Waals surface area contributed by atoms with Gasteiger partial charge in [0.05, 0.1) is 11.6 Å². The predicted molar refractivity (Wildman–Crippen MR) is 61.2 cm³/mol. The zero-order chi connectivity index (χ0) is 11.9. The van der Waals surface area contributed by atoms with E-state index in [1.165, 1.54) is 0 Å². The third kappa shape index (κ3) is 1.88. The molecule has 0 fully saturated rings. The van der Waals surface area contributed by atoms with E-state index in [0.717, 1.165) is 5.56 Å². The van der Waals surface area contributed by atoms with Crippen LogP contribution in [0.4, 0.5) is 0 Å². The number of H-pyrrole nitrogens is 1. The molecule has 2 rings (SSSR count). The van der Waals surface area contributed by atoms with Crippen LogP contribution < -0.4 is 5.76 Å². The number of aromatic amines is 1. The highest BCUT2D eigenvalue weighted by molar-refractivity contribution is 5.72. The van der Waals surface area contributed by atoms with Crippen LogP contribution in [-0.2, 0) is 0 Å². The first-order valence-corrected chi connectivity index (χ1v) is 5.19. The summed E-state index contributed by atoms with van der Waals surface area (Å²) >= 11 is 0. The molecule has 1 aromatic heterocycles. The fourth-order valence-corrected chi connectivity index (χ4v) is 1.63. The highest BCUT2D eigenvalue weighted by Crippen LogP contribution is 2.33. The Morgan fingerprint density at radius 1 is 1.38 bits per heavy atom. The summed E-state index contributed by atoms with van der Waals surface area (Å²) in [5.41, 5.74) is 1.63. The number of hydrogen-bond donors (Lipinski definition) is 2. The minimum atomic E-state index is -0.586. The first kappa shape index (κ1) is 11.0. The van der Waals surface area contributed by atoms with E-state index in [4.69, 9.17) is 4.42 Å². The van der Waals surface area contributed by atoms with Crippen LogP contribution in [0.1, 0.15) is 32.4 Å². The zero-order valence-corrected chi connectivity index (χ0v) is 9.57. The van der Waals surface area contributed by atoms with Crippen LogP contribution in [0.25, 0.3) is 11.1 Å². The molecule has 0 spiro atoms. The average Bonchev–Trinajstić information content (AvgIpc) is 2.54. The average molecular weight is 221 g/mol. The summed E-state index contributed by atoms with van der Waals surface area (Å²) in [6.45, 7) is 5.86. The molecule has 2 aromatic rings. The van der Waals surface area contributed by atoms with Gasteiger partial charge in [0.25, 0.3) is 0 Å². The fourth-order valence-electron chi connectivity index (χ4n) is 1.63. The second-order valence-corrected chi connectivity index (χ2v) is 5.04. The molecule has 0 saturated carbocycles. The number of nitrogens with one attached hydrogen (secondary N) is 1. The van der Waals surface area contributed by atoms with Gasteiger partial charge in [-0.1, -0.05) is 26.8 Å². The molecule has 86 valence electrons. The van der Waals surface area contributed by atoms with Crippen LogP contribution in [0.5, 0.6) is 0 Å². The Bertz CT molecular complexity index is 559. The number of aliphatic hydroxyl groups is 1. The maximum absolute atomic E-state index is 11.0. The summed E-state index contributed by atoms with van der Waals surface area (Å²) in [6.07, 6.45) is -0.586. The van der Waals surface area contributed by atoms with E-state index < -0.39 is 11.9 Å². The monoisotopic (exact) mass is 221 g/mol. The molecule has 1 atom stereocenters. The molecule has 0 aliphatic heterocycles. The van der Waals surface area contributed by atoms with Crippen molar-refractivity contribution < 1.29 is 9.52 Å². The van der Waals surface area contributed by atoms with Crippen molar-refractivity contribution in [2.45, 2.75) is 26.9 Å². The van der Waals surface area contributed by atoms with Crippen molar-refractivity contribution in [1.82, 2.24) is 4.98 Å². The van der Waals surface area contributed by atoms with Crippen molar-refractivity contribution in [2.75, 3.05) is 0 Å². The van der Waals surface area contributed by atoms with Gasteiger partial charge in [0.15, 0.2) is 5.58 Å². The molecule has 0 bridgehead atoms. The molecule has 1 aromatic carbocycles. The van der Waals surface area contributed by atoms with E-state index in [1.54, 1.807) is 18.2 Å². The molecular formula is C12H15NO3. The van der Waals surface area contributed by atoms with E-state index in [-0.39, 0.29) is 5.41 Å². The Kier molecular flexibility index (Phi) is 2.39. The fraction of sp³-hybridized carbons (Fsp3) is 0.417. The molecule has 4 nitrogen and oxygen atoms in total. The van der Waals surface area contributed by atoms with Crippen LogP contribution in [0.15, 0.2) is 27.4 Å². The largest absolute Gasteiger partial charge is 0.417 e. The van der Waals surface area contributed by atoms with E-state index >= 15 is 0 Å². The Morgan fingerprint density at radius 3 is 2.69 bits per heavy atom. The minimum Gasteiger partial charge on any atom is -0.408 e. The van der Waals surface area contributed by atoms with Gasteiger partial charge in [-0.25, -0.2) is 4.79 Å². The molecule has 0 aliphatic rings. The molecule has 0 amide bonds. The maximum atomic E-state index is 11.0. The number of rotatable bonds is 1. The summed E-state index contributed by atoms with van der Waals surface area (Å²) in [6, 6.07) is 5.23. The standard InChI is InChI=1S/C12H15NO3/c1-12(2,3)10(14)7-4-5-8-9(6-7)16-11(15)13-8/h4-6,10,14H,1-3H3,(H,13,15). The first-order valence-electron chi connectivity index (χ1n) is 5.19. The number of fused-ring (bicyclic) bond motifs is 1. The number of aromatic nitrogens is 1. The van der Waals surface area contributed by atoms with Crippen molar-refractivity contribution in [3.05, 3.63) is 34.3 Å². The van der Waals surface area contributed by atoms with Gasteiger partial charge in [0.2, 0.25) is 0 Å². The molecule has 1 unspecified atom stereocenters. The Labute approximate surface area is 92.9 Å². The smallest absolute Gasteiger partial charge is 0.408 e. The maximum Gasteiger partial charge on any atom is 0.417 e. The van der Waals surface area contributed by atoms with Crippen LogP contribution in [0, 0.1) is 5.41 Å². The third-order valence-electron chi connectivity index (χ3n) is 2.58. The molecule has 0 saturated heterocycles. The number of aliphatic hydroxyl groups excluding tert-OH is 1. The normalized spacial score (nSPS) is 14.2. The summed E-state index contributed by atoms with van der Waals surface area (Å²) < 4.78 is 4.95. The van der Waals surface area contributed by atoms with Gasteiger partial charge >= 0.3 is 5.76 Å².